The second-order valence-electron chi connectivity index (χ2n) is 9.78. The maximum atomic E-state index is 2.44. The van der Waals surface area contributed by atoms with E-state index in [1.807, 2.05) is 11.3 Å². The van der Waals surface area contributed by atoms with Gasteiger partial charge in [0.2, 0.25) is 0 Å². The van der Waals surface area contributed by atoms with Crippen LogP contribution in [0.5, 0.6) is 0 Å². The summed E-state index contributed by atoms with van der Waals surface area (Å²) < 4.78 is 5.08. The van der Waals surface area contributed by atoms with E-state index >= 15 is 0 Å². The Morgan fingerprint density at radius 2 is 0.947 bits per heavy atom. The van der Waals surface area contributed by atoms with E-state index in [1.165, 1.54) is 69.9 Å². The first kappa shape index (κ1) is 21.4. The molecule has 0 aliphatic rings. The fraction of sp³-hybridized carbons (Fsp3) is 0. The molecule has 0 aliphatic carbocycles. The van der Waals surface area contributed by atoms with Gasteiger partial charge in [-0.3, -0.25) is 0 Å². The molecule has 2 heterocycles. The van der Waals surface area contributed by atoms with Crippen LogP contribution in [0.4, 0.5) is 0 Å². The fourth-order valence-electron chi connectivity index (χ4n) is 5.81. The summed E-state index contributed by atoms with van der Waals surface area (Å²) in [6.07, 6.45) is 0. The largest absolute Gasteiger partial charge is 0.308 e. The smallest absolute Gasteiger partial charge is 0.0640 e. The number of aromatic nitrogens is 1. The van der Waals surface area contributed by atoms with E-state index in [2.05, 4.69) is 144 Å². The molecule has 2 aromatic heterocycles. The molecule has 8 aromatic rings. The molecule has 0 atom stereocenters. The van der Waals surface area contributed by atoms with Gasteiger partial charge in [-0.05, 0) is 52.6 Å². The molecule has 2 heteroatoms. The van der Waals surface area contributed by atoms with Crippen molar-refractivity contribution < 1.29 is 0 Å². The first-order valence-electron chi connectivity index (χ1n) is 12.9. The zero-order valence-electron chi connectivity index (χ0n) is 20.6. The van der Waals surface area contributed by atoms with E-state index in [9.17, 15) is 0 Å². The molecule has 178 valence electrons. The normalized spacial score (nSPS) is 11.7. The number of hydrogen-bond donors (Lipinski definition) is 0. The summed E-state index contributed by atoms with van der Waals surface area (Å²) in [5.74, 6) is 0. The summed E-state index contributed by atoms with van der Waals surface area (Å²) in [5.41, 5.74) is 8.72. The SMILES string of the molecule is c1ccc(-c2ccc(-c3ccc4sc5c(-n6c7ccccc7c7ccccc76)cccc5c4c3)cc2)cc1. The Bertz CT molecular complexity index is 2060. The molecule has 0 aliphatic heterocycles. The minimum absolute atomic E-state index is 1.24. The maximum Gasteiger partial charge on any atom is 0.0640 e. The molecule has 0 amide bonds. The van der Waals surface area contributed by atoms with Gasteiger partial charge in [0.1, 0.15) is 0 Å². The van der Waals surface area contributed by atoms with Gasteiger partial charge in [-0.15, -0.1) is 11.3 Å². The Morgan fingerprint density at radius 3 is 1.66 bits per heavy atom. The highest BCUT2D eigenvalue weighted by Gasteiger charge is 2.16. The second kappa shape index (κ2) is 8.44. The van der Waals surface area contributed by atoms with E-state index in [0.717, 1.165) is 0 Å². The second-order valence-corrected chi connectivity index (χ2v) is 10.8. The third-order valence-corrected chi connectivity index (χ3v) is 8.83. The quantitative estimate of drug-likeness (QED) is 0.227. The number of rotatable bonds is 3. The van der Waals surface area contributed by atoms with Crippen LogP contribution in [-0.2, 0) is 0 Å². The molecule has 0 spiro atoms. The zero-order chi connectivity index (χ0) is 25.1. The van der Waals surface area contributed by atoms with Crippen molar-refractivity contribution in [1.29, 1.82) is 0 Å². The van der Waals surface area contributed by atoms with Crippen molar-refractivity contribution in [3.8, 4) is 27.9 Å². The highest BCUT2D eigenvalue weighted by molar-refractivity contribution is 7.26. The van der Waals surface area contributed by atoms with Crippen LogP contribution in [0.15, 0.2) is 140 Å². The van der Waals surface area contributed by atoms with Gasteiger partial charge in [-0.1, -0.05) is 109 Å². The summed E-state index contributed by atoms with van der Waals surface area (Å²) in [7, 11) is 0. The van der Waals surface area contributed by atoms with E-state index in [0.29, 0.717) is 0 Å². The third kappa shape index (κ3) is 3.24. The minimum Gasteiger partial charge on any atom is -0.308 e. The van der Waals surface area contributed by atoms with Crippen LogP contribution in [0.1, 0.15) is 0 Å². The van der Waals surface area contributed by atoms with E-state index in [-0.39, 0.29) is 0 Å². The number of para-hydroxylation sites is 2. The molecule has 1 nitrogen and oxygen atoms in total. The van der Waals surface area contributed by atoms with E-state index in [4.69, 9.17) is 0 Å². The lowest BCUT2D eigenvalue weighted by Crippen LogP contribution is -1.93. The first-order chi connectivity index (χ1) is 18.8. The summed E-state index contributed by atoms with van der Waals surface area (Å²) in [5, 5.41) is 5.22. The van der Waals surface area contributed by atoms with Crippen molar-refractivity contribution in [1.82, 2.24) is 4.57 Å². The van der Waals surface area contributed by atoms with Gasteiger partial charge in [0.15, 0.2) is 0 Å². The molecular weight excluding hydrogens is 478 g/mol. The van der Waals surface area contributed by atoms with E-state index in [1.54, 1.807) is 0 Å². The molecule has 0 fully saturated rings. The van der Waals surface area contributed by atoms with Crippen molar-refractivity contribution in [2.24, 2.45) is 0 Å². The molecule has 0 saturated heterocycles. The van der Waals surface area contributed by atoms with Crippen molar-refractivity contribution >= 4 is 53.3 Å². The van der Waals surface area contributed by atoms with Crippen LogP contribution in [0.2, 0.25) is 0 Å². The maximum absolute atomic E-state index is 2.44. The lowest BCUT2D eigenvalue weighted by molar-refractivity contribution is 1.20. The Hall–Kier alpha value is -4.66. The van der Waals surface area contributed by atoms with Crippen molar-refractivity contribution in [3.63, 3.8) is 0 Å². The van der Waals surface area contributed by atoms with Gasteiger partial charge in [-0.2, -0.15) is 0 Å². The van der Waals surface area contributed by atoms with Crippen LogP contribution < -0.4 is 0 Å². The van der Waals surface area contributed by atoms with Gasteiger partial charge in [-0.25, -0.2) is 0 Å². The molecule has 38 heavy (non-hydrogen) atoms. The molecule has 6 aromatic carbocycles. The molecule has 8 rings (SSSR count). The standard InChI is InChI=1S/C36H23NS/c1-2-9-24(10-3-1)25-17-19-26(20-18-25)27-21-22-35-31(23-27)30-13-8-16-34(36(30)38-35)37-32-14-6-4-11-28(32)29-12-5-7-15-33(29)37/h1-23H. The van der Waals surface area contributed by atoms with Gasteiger partial charge in [0, 0.05) is 26.2 Å². The lowest BCUT2D eigenvalue weighted by Gasteiger charge is -2.09. The van der Waals surface area contributed by atoms with Crippen LogP contribution in [0, 0.1) is 0 Å². The average Bonchev–Trinajstić information content (AvgIpc) is 3.53. The van der Waals surface area contributed by atoms with Gasteiger partial charge >= 0.3 is 0 Å². The average molecular weight is 502 g/mol. The summed E-state index contributed by atoms with van der Waals surface area (Å²) >= 11 is 1.89. The summed E-state index contributed by atoms with van der Waals surface area (Å²) in [6, 6.07) is 50.6. The number of nitrogens with zero attached hydrogens (tertiary/aromatic N) is 1. The van der Waals surface area contributed by atoms with E-state index < -0.39 is 0 Å². The Balaban J connectivity index is 1.30. The number of thiophene rings is 1. The minimum atomic E-state index is 1.24. The molecular formula is C36H23NS. The van der Waals surface area contributed by atoms with Crippen molar-refractivity contribution in [2.45, 2.75) is 0 Å². The molecule has 0 saturated carbocycles. The number of hydrogen-bond acceptors (Lipinski definition) is 1. The monoisotopic (exact) mass is 501 g/mol. The number of benzene rings is 6. The predicted molar refractivity (Wildman–Crippen MR) is 165 cm³/mol. The van der Waals surface area contributed by atoms with Crippen LogP contribution in [0.3, 0.4) is 0 Å². The van der Waals surface area contributed by atoms with Crippen molar-refractivity contribution in [3.05, 3.63) is 140 Å². The van der Waals surface area contributed by atoms with Crippen LogP contribution in [0.25, 0.3) is 69.9 Å². The van der Waals surface area contributed by atoms with Crippen molar-refractivity contribution in [2.75, 3.05) is 0 Å². The number of fused-ring (bicyclic) bond motifs is 6. The Morgan fingerprint density at radius 1 is 0.395 bits per heavy atom. The molecule has 0 unspecified atom stereocenters. The Kier molecular flexibility index (Phi) is 4.76. The van der Waals surface area contributed by atoms with Gasteiger partial charge < -0.3 is 4.57 Å². The van der Waals surface area contributed by atoms with Gasteiger partial charge in [0.25, 0.3) is 0 Å². The summed E-state index contributed by atoms with van der Waals surface area (Å²) in [4.78, 5) is 0. The molecule has 0 N–H and O–H groups in total. The van der Waals surface area contributed by atoms with Crippen LogP contribution in [-0.4, -0.2) is 4.57 Å². The predicted octanol–water partition coefficient (Wildman–Crippen LogP) is 10.5. The molecule has 0 radical (unpaired) electrons. The first-order valence-corrected chi connectivity index (χ1v) is 13.8. The van der Waals surface area contributed by atoms with Gasteiger partial charge in [0.05, 0.1) is 21.4 Å². The van der Waals surface area contributed by atoms with Crippen LogP contribution >= 0.6 is 11.3 Å². The fourth-order valence-corrected chi connectivity index (χ4v) is 6.99. The topological polar surface area (TPSA) is 4.93 Å². The Labute approximate surface area is 224 Å². The summed E-state index contributed by atoms with van der Waals surface area (Å²) in [6.45, 7) is 0. The third-order valence-electron chi connectivity index (χ3n) is 7.62. The lowest BCUT2D eigenvalue weighted by atomic mass is 9.99. The highest BCUT2D eigenvalue weighted by Crippen LogP contribution is 2.42. The highest BCUT2D eigenvalue weighted by atomic mass is 32.1. The molecule has 0 bridgehead atoms. The zero-order valence-corrected chi connectivity index (χ0v) is 21.5.